The number of carbonyl (C=O) groups is 2. The molecule has 13 heteroatoms. The Balaban J connectivity index is 1.50. The molecule has 13 nitrogen and oxygen atoms in total. The van der Waals surface area contributed by atoms with Gasteiger partial charge in [0.15, 0.2) is 6.29 Å². The second-order valence-electron chi connectivity index (χ2n) is 19.2. The first-order chi connectivity index (χ1) is 34.9. The number of rotatable bonds is 34. The van der Waals surface area contributed by atoms with Crippen LogP contribution >= 0.6 is 0 Å². The zero-order chi connectivity index (χ0) is 50.3. The normalized spacial score (nSPS) is 21.6. The van der Waals surface area contributed by atoms with Crippen molar-refractivity contribution >= 4 is 17.9 Å². The Hall–Kier alpha value is -5.05. The molecule has 6 atom stereocenters. The largest absolute Gasteiger partial charge is 0.496 e. The molecule has 71 heavy (non-hydrogen) atoms. The Labute approximate surface area is 422 Å². The molecule has 0 bridgehead atoms. The van der Waals surface area contributed by atoms with Gasteiger partial charge in [-0.3, -0.25) is 9.59 Å². The summed E-state index contributed by atoms with van der Waals surface area (Å²) in [6.07, 6.45) is 19.9. The summed E-state index contributed by atoms with van der Waals surface area (Å²) in [6.45, 7) is 7.25. The van der Waals surface area contributed by atoms with Crippen LogP contribution in [0.25, 0.3) is 0 Å². The van der Waals surface area contributed by atoms with E-state index in [0.29, 0.717) is 53.5 Å². The molecule has 1 amide bonds. The first-order valence-electron chi connectivity index (χ1n) is 26.4. The number of unbranched alkanes of at least 4 members (excludes halogenated alkanes) is 10. The van der Waals surface area contributed by atoms with Crippen LogP contribution in [0.1, 0.15) is 143 Å². The van der Waals surface area contributed by atoms with Crippen molar-refractivity contribution in [3.05, 3.63) is 108 Å². The second kappa shape index (κ2) is 29.5. The van der Waals surface area contributed by atoms with E-state index in [4.69, 9.17) is 33.7 Å². The highest BCUT2D eigenvalue weighted by Gasteiger charge is 2.65. The van der Waals surface area contributed by atoms with Crippen molar-refractivity contribution in [1.82, 2.24) is 4.90 Å². The summed E-state index contributed by atoms with van der Waals surface area (Å²) in [6, 6.07) is 20.1. The second-order valence-corrected chi connectivity index (χ2v) is 19.2. The molecule has 3 aliphatic rings. The van der Waals surface area contributed by atoms with E-state index in [1.54, 1.807) is 24.3 Å². The minimum Gasteiger partial charge on any atom is -0.496 e. The average molecular weight is 981 g/mol. The third kappa shape index (κ3) is 14.8. The molecule has 2 aliphatic carbocycles. The maximum Gasteiger partial charge on any atom is 0.239 e. The van der Waals surface area contributed by atoms with E-state index >= 15 is 4.79 Å². The standard InChI is InChI=1S/C58H80N2O11/c1-4-6-7-8-9-10-11-12-16-25-55(65)60(30-35-67-36-33-63)54-40-51(59-69-42-43-21-14-13-15-22-43)49-38-44(23-17-19-31-61)48(24-18-20-32-62)56-50-39-47(70-46-26-28-52(66-3)45(37-46)41-64)27-29-53(50)71-58(54,57(49)56)68-34-5-2/h5,13-15,21-22,26-29,37-39,41,44,48,54,56-57,61-63H,2,4,6-12,16-20,23-25,30-36,40,42H2,1,3H3/t44-,48+,54-,56+,57+,58+/m0/s1. The third-order valence-electron chi connectivity index (χ3n) is 14.4. The zero-order valence-electron chi connectivity index (χ0n) is 42.4. The van der Waals surface area contributed by atoms with E-state index in [-0.39, 0.29) is 82.9 Å². The SMILES string of the molecule is C=CCO[C@@]12Oc3ccc(Oc4ccc(OC)c(C=O)c4)cc3[C@H]3[C@H](CCCCO)[C@@H](CCCCO)C=C(C(=NOCc4ccccc4)C[C@@H]1N(CCOCCO)C(=O)CCCCCCCCCCC)[C@H]32. The summed E-state index contributed by atoms with van der Waals surface area (Å²) in [5.74, 6) is -0.170. The Morgan fingerprint density at radius 1 is 0.859 bits per heavy atom. The fourth-order valence-electron chi connectivity index (χ4n) is 11.0. The van der Waals surface area contributed by atoms with E-state index in [2.05, 4.69) is 19.6 Å². The molecule has 3 N–H and O–H groups in total. The summed E-state index contributed by atoms with van der Waals surface area (Å²) in [5, 5.41) is 34.8. The fourth-order valence-corrected chi connectivity index (χ4v) is 11.0. The number of allylic oxidation sites excluding steroid dienone is 1. The lowest BCUT2D eigenvalue weighted by Crippen LogP contribution is -2.70. The number of hydrogen-bond donors (Lipinski definition) is 3. The summed E-state index contributed by atoms with van der Waals surface area (Å²) in [5.41, 5.74) is 3.87. The zero-order valence-corrected chi connectivity index (χ0v) is 42.4. The minimum absolute atomic E-state index is 0.00509. The van der Waals surface area contributed by atoms with Gasteiger partial charge in [-0.1, -0.05) is 119 Å². The van der Waals surface area contributed by atoms with Crippen LogP contribution in [0.2, 0.25) is 0 Å². The van der Waals surface area contributed by atoms with Gasteiger partial charge in [-0.25, -0.2) is 0 Å². The van der Waals surface area contributed by atoms with Crippen molar-refractivity contribution in [3.63, 3.8) is 0 Å². The Kier molecular flexibility index (Phi) is 22.9. The van der Waals surface area contributed by atoms with Crippen LogP contribution in [-0.4, -0.2) is 103 Å². The first-order valence-corrected chi connectivity index (χ1v) is 26.4. The Morgan fingerprint density at radius 2 is 1.58 bits per heavy atom. The van der Waals surface area contributed by atoms with Crippen LogP contribution in [0, 0.1) is 17.8 Å². The van der Waals surface area contributed by atoms with E-state index in [0.717, 1.165) is 74.4 Å². The quantitative estimate of drug-likeness (QED) is 0.0226. The van der Waals surface area contributed by atoms with Crippen LogP contribution < -0.4 is 14.2 Å². The van der Waals surface area contributed by atoms with Gasteiger partial charge in [0.1, 0.15) is 35.6 Å². The number of hydrogen-bond acceptors (Lipinski definition) is 12. The smallest absolute Gasteiger partial charge is 0.239 e. The van der Waals surface area contributed by atoms with Gasteiger partial charge in [-0.15, -0.1) is 6.58 Å². The number of methoxy groups -OCH3 is 1. The van der Waals surface area contributed by atoms with Gasteiger partial charge in [0.2, 0.25) is 11.7 Å². The van der Waals surface area contributed by atoms with Crippen LogP contribution in [-0.2, 0) is 25.7 Å². The van der Waals surface area contributed by atoms with Crippen molar-refractivity contribution in [2.24, 2.45) is 22.9 Å². The van der Waals surface area contributed by atoms with Crippen LogP contribution in [0.15, 0.2) is 96.2 Å². The fraction of sp³-hybridized carbons (Fsp3) is 0.569. The number of carbonyl (C=O) groups excluding carboxylic acids is 2. The maximum absolute atomic E-state index is 15.1. The molecular formula is C58H80N2O11. The molecule has 3 aromatic rings. The molecule has 0 spiro atoms. The lowest BCUT2D eigenvalue weighted by atomic mass is 9.55. The van der Waals surface area contributed by atoms with E-state index in [9.17, 15) is 20.1 Å². The molecule has 1 saturated carbocycles. The molecule has 3 aromatic carbocycles. The van der Waals surface area contributed by atoms with Gasteiger partial charge in [-0.05, 0) is 91.5 Å². The lowest BCUT2D eigenvalue weighted by molar-refractivity contribution is -0.258. The highest BCUT2D eigenvalue weighted by atomic mass is 16.7. The molecule has 1 heterocycles. The predicted molar refractivity (Wildman–Crippen MR) is 276 cm³/mol. The number of aldehydes is 1. The Morgan fingerprint density at radius 3 is 2.28 bits per heavy atom. The summed E-state index contributed by atoms with van der Waals surface area (Å²) >= 11 is 0. The monoisotopic (exact) mass is 981 g/mol. The molecule has 0 unspecified atom stereocenters. The number of benzene rings is 3. The summed E-state index contributed by atoms with van der Waals surface area (Å²) in [7, 11) is 1.52. The van der Waals surface area contributed by atoms with E-state index < -0.39 is 17.7 Å². The van der Waals surface area contributed by atoms with Gasteiger partial charge in [0, 0.05) is 44.1 Å². The minimum atomic E-state index is -1.44. The van der Waals surface area contributed by atoms with Crippen LogP contribution in [0.3, 0.4) is 0 Å². The predicted octanol–water partition coefficient (Wildman–Crippen LogP) is 10.9. The van der Waals surface area contributed by atoms with Gasteiger partial charge < -0.3 is 48.7 Å². The number of oxime groups is 1. The highest BCUT2D eigenvalue weighted by molar-refractivity contribution is 6.03. The highest BCUT2D eigenvalue weighted by Crippen LogP contribution is 2.62. The van der Waals surface area contributed by atoms with E-state index in [1.807, 2.05) is 53.4 Å². The molecule has 0 aromatic heterocycles. The third-order valence-corrected chi connectivity index (χ3v) is 14.4. The van der Waals surface area contributed by atoms with Gasteiger partial charge >= 0.3 is 0 Å². The molecule has 0 radical (unpaired) electrons. The lowest BCUT2D eigenvalue weighted by Gasteiger charge is -2.60. The number of fused-ring (bicyclic) bond motifs is 2. The van der Waals surface area contributed by atoms with Crippen molar-refractivity contribution in [2.75, 3.05) is 53.3 Å². The number of amides is 1. The molecule has 6 rings (SSSR count). The molecule has 1 aliphatic heterocycles. The topological polar surface area (TPSA) is 166 Å². The summed E-state index contributed by atoms with van der Waals surface area (Å²) in [4.78, 5) is 35.3. The van der Waals surface area contributed by atoms with Gasteiger partial charge in [-0.2, -0.15) is 0 Å². The van der Waals surface area contributed by atoms with Crippen molar-refractivity contribution < 1.29 is 53.4 Å². The number of aliphatic hydroxyl groups is 3. The average Bonchev–Trinajstić information content (AvgIpc) is 3.39. The van der Waals surface area contributed by atoms with E-state index in [1.165, 1.54) is 39.2 Å². The van der Waals surface area contributed by atoms with Crippen LogP contribution in [0.5, 0.6) is 23.0 Å². The Bertz CT molecular complexity index is 2160. The van der Waals surface area contributed by atoms with Gasteiger partial charge in [0.25, 0.3) is 0 Å². The first kappa shape index (κ1) is 55.3. The van der Waals surface area contributed by atoms with Gasteiger partial charge in [0.05, 0.1) is 50.7 Å². The molecule has 1 fully saturated rings. The van der Waals surface area contributed by atoms with Crippen molar-refractivity contribution in [2.45, 2.75) is 140 Å². The maximum atomic E-state index is 15.1. The summed E-state index contributed by atoms with van der Waals surface area (Å²) < 4.78 is 32.5. The number of nitrogens with zero attached hydrogens (tertiary/aromatic N) is 2. The molecule has 0 saturated heterocycles. The van der Waals surface area contributed by atoms with Crippen molar-refractivity contribution in [1.29, 1.82) is 0 Å². The molecular weight excluding hydrogens is 901 g/mol. The van der Waals surface area contributed by atoms with Crippen molar-refractivity contribution in [3.8, 4) is 23.0 Å². The number of aliphatic hydroxyl groups excluding tert-OH is 3. The molecule has 388 valence electrons. The van der Waals surface area contributed by atoms with Crippen LogP contribution in [0.4, 0.5) is 0 Å². The number of ether oxygens (including phenoxy) is 5.